The van der Waals surface area contributed by atoms with Crippen LogP contribution < -0.4 is 5.32 Å². The van der Waals surface area contributed by atoms with Gasteiger partial charge in [0, 0.05) is 7.11 Å². The van der Waals surface area contributed by atoms with E-state index in [2.05, 4.69) is 61.6 Å². The Balaban J connectivity index is 2.39. The summed E-state index contributed by atoms with van der Waals surface area (Å²) in [5, 5.41) is 3.40. The molecule has 2 heteroatoms. The Bertz CT molecular complexity index is 530. The van der Waals surface area contributed by atoms with Crippen LogP contribution in [0.3, 0.4) is 0 Å². The van der Waals surface area contributed by atoms with Crippen LogP contribution in [0.4, 0.5) is 0 Å². The van der Waals surface area contributed by atoms with Crippen LogP contribution in [0.1, 0.15) is 34.4 Å². The number of rotatable bonds is 5. The number of aryl methyl sites for hydroxylation is 2. The van der Waals surface area contributed by atoms with Crippen molar-refractivity contribution in [3.05, 3.63) is 70.8 Å². The Morgan fingerprint density at radius 3 is 2.00 bits per heavy atom. The maximum Gasteiger partial charge on any atom is 0.102 e. The molecule has 0 heterocycles. The summed E-state index contributed by atoms with van der Waals surface area (Å²) in [7, 11) is 3.75. The number of methoxy groups -OCH3 is 1. The number of hydrogen-bond acceptors (Lipinski definition) is 2. The molecular formula is C18H23NO. The van der Waals surface area contributed by atoms with E-state index in [1.54, 1.807) is 7.11 Å². The Labute approximate surface area is 121 Å². The first-order chi connectivity index (χ1) is 9.65. The lowest BCUT2D eigenvalue weighted by atomic mass is 9.93. The lowest BCUT2D eigenvalue weighted by Gasteiger charge is -2.27. The Kier molecular flexibility index (Phi) is 4.94. The van der Waals surface area contributed by atoms with Crippen molar-refractivity contribution in [1.29, 1.82) is 0 Å². The highest BCUT2D eigenvalue weighted by Crippen LogP contribution is 2.32. The summed E-state index contributed by atoms with van der Waals surface area (Å²) in [6.07, 6.45) is 0.00222. The topological polar surface area (TPSA) is 21.3 Å². The minimum Gasteiger partial charge on any atom is -0.375 e. The van der Waals surface area contributed by atoms with Crippen LogP contribution >= 0.6 is 0 Å². The summed E-state index contributed by atoms with van der Waals surface area (Å²) < 4.78 is 5.76. The number of hydrogen-bond donors (Lipinski definition) is 1. The predicted octanol–water partition coefficient (Wildman–Crippen LogP) is 3.95. The molecule has 0 bridgehead atoms. The SMILES string of the molecule is CNC(c1cc(C)cc(C)c1)C(OC)c1ccccc1. The number of benzene rings is 2. The van der Waals surface area contributed by atoms with Crippen LogP contribution in [0.15, 0.2) is 48.5 Å². The summed E-state index contributed by atoms with van der Waals surface area (Å²) in [5.41, 5.74) is 5.01. The molecule has 0 aliphatic heterocycles. The summed E-state index contributed by atoms with van der Waals surface area (Å²) in [4.78, 5) is 0. The molecule has 0 aliphatic carbocycles. The normalized spacial score (nSPS) is 14.0. The van der Waals surface area contributed by atoms with Crippen LogP contribution in [0, 0.1) is 13.8 Å². The number of likely N-dealkylation sites (N-methyl/N-ethyl adjacent to an activating group) is 1. The standard InChI is InChI=1S/C18H23NO/c1-13-10-14(2)12-16(11-13)17(19-3)18(20-4)15-8-6-5-7-9-15/h5-12,17-19H,1-4H3. The minimum absolute atomic E-state index is 0.00222. The van der Waals surface area contributed by atoms with E-state index in [1.165, 1.54) is 22.3 Å². The molecule has 2 aromatic rings. The summed E-state index contributed by atoms with van der Waals surface area (Å²) in [5.74, 6) is 0. The third kappa shape index (κ3) is 3.27. The van der Waals surface area contributed by atoms with Crippen molar-refractivity contribution in [2.75, 3.05) is 14.2 Å². The zero-order valence-corrected chi connectivity index (χ0v) is 12.7. The van der Waals surface area contributed by atoms with Gasteiger partial charge in [0.2, 0.25) is 0 Å². The molecule has 0 amide bonds. The van der Waals surface area contributed by atoms with Gasteiger partial charge in [-0.2, -0.15) is 0 Å². The summed E-state index contributed by atoms with van der Waals surface area (Å²) in [6, 6.07) is 17.1. The molecule has 0 radical (unpaired) electrons. The highest BCUT2D eigenvalue weighted by Gasteiger charge is 2.23. The van der Waals surface area contributed by atoms with Gasteiger partial charge in [-0.05, 0) is 32.0 Å². The van der Waals surface area contributed by atoms with Gasteiger partial charge >= 0.3 is 0 Å². The molecule has 2 atom stereocenters. The molecular weight excluding hydrogens is 246 g/mol. The molecule has 0 saturated carbocycles. The first kappa shape index (κ1) is 14.8. The van der Waals surface area contributed by atoms with Crippen molar-refractivity contribution in [3.8, 4) is 0 Å². The van der Waals surface area contributed by atoms with Gasteiger partial charge in [0.05, 0.1) is 6.04 Å². The van der Waals surface area contributed by atoms with Gasteiger partial charge < -0.3 is 10.1 Å². The molecule has 2 aromatic carbocycles. The van der Waals surface area contributed by atoms with E-state index >= 15 is 0 Å². The first-order valence-electron chi connectivity index (χ1n) is 6.99. The molecule has 1 N–H and O–H groups in total. The lowest BCUT2D eigenvalue weighted by molar-refractivity contribution is 0.0701. The van der Waals surface area contributed by atoms with E-state index in [0.29, 0.717) is 0 Å². The summed E-state index contributed by atoms with van der Waals surface area (Å²) in [6.45, 7) is 4.26. The molecule has 2 rings (SSSR count). The third-order valence-electron chi connectivity index (χ3n) is 3.60. The molecule has 0 aliphatic rings. The number of ether oxygens (including phenoxy) is 1. The second kappa shape index (κ2) is 6.69. The molecule has 2 nitrogen and oxygen atoms in total. The number of nitrogens with one attached hydrogen (secondary N) is 1. The molecule has 106 valence electrons. The van der Waals surface area contributed by atoms with Gasteiger partial charge in [0.1, 0.15) is 6.10 Å². The average Bonchev–Trinajstić information content (AvgIpc) is 2.44. The molecule has 20 heavy (non-hydrogen) atoms. The lowest BCUT2D eigenvalue weighted by Crippen LogP contribution is -2.25. The Morgan fingerprint density at radius 1 is 0.900 bits per heavy atom. The molecule has 0 spiro atoms. The molecule has 2 unspecified atom stereocenters. The van der Waals surface area contributed by atoms with E-state index in [1.807, 2.05) is 13.1 Å². The Hall–Kier alpha value is -1.64. The summed E-state index contributed by atoms with van der Waals surface area (Å²) >= 11 is 0. The maximum absolute atomic E-state index is 5.76. The average molecular weight is 269 g/mol. The van der Waals surface area contributed by atoms with Gasteiger partial charge in [-0.1, -0.05) is 59.7 Å². The zero-order chi connectivity index (χ0) is 14.5. The molecule has 0 aromatic heterocycles. The van der Waals surface area contributed by atoms with Gasteiger partial charge in [-0.25, -0.2) is 0 Å². The van der Waals surface area contributed by atoms with E-state index in [4.69, 9.17) is 4.74 Å². The monoisotopic (exact) mass is 269 g/mol. The minimum atomic E-state index is 0.00222. The fourth-order valence-electron chi connectivity index (χ4n) is 2.79. The van der Waals surface area contributed by atoms with Crippen molar-refractivity contribution in [2.24, 2.45) is 0 Å². The molecule has 0 fully saturated rings. The third-order valence-corrected chi connectivity index (χ3v) is 3.60. The molecule has 0 saturated heterocycles. The fourth-order valence-corrected chi connectivity index (χ4v) is 2.79. The second-order valence-corrected chi connectivity index (χ2v) is 5.25. The van der Waals surface area contributed by atoms with Gasteiger partial charge in [-0.15, -0.1) is 0 Å². The van der Waals surface area contributed by atoms with Crippen molar-refractivity contribution in [3.63, 3.8) is 0 Å². The van der Waals surface area contributed by atoms with E-state index < -0.39 is 0 Å². The van der Waals surface area contributed by atoms with Crippen molar-refractivity contribution >= 4 is 0 Å². The highest BCUT2D eigenvalue weighted by atomic mass is 16.5. The van der Waals surface area contributed by atoms with Crippen molar-refractivity contribution < 1.29 is 4.74 Å². The largest absolute Gasteiger partial charge is 0.375 e. The second-order valence-electron chi connectivity index (χ2n) is 5.25. The van der Waals surface area contributed by atoms with Gasteiger partial charge in [0.25, 0.3) is 0 Å². The maximum atomic E-state index is 5.76. The predicted molar refractivity (Wildman–Crippen MR) is 83.9 cm³/mol. The van der Waals surface area contributed by atoms with Crippen LogP contribution in [0.5, 0.6) is 0 Å². The van der Waals surface area contributed by atoms with Crippen LogP contribution in [0.2, 0.25) is 0 Å². The van der Waals surface area contributed by atoms with Crippen molar-refractivity contribution in [2.45, 2.75) is 26.0 Å². The highest BCUT2D eigenvalue weighted by molar-refractivity contribution is 5.33. The smallest absolute Gasteiger partial charge is 0.102 e. The van der Waals surface area contributed by atoms with Crippen LogP contribution in [-0.4, -0.2) is 14.2 Å². The quantitative estimate of drug-likeness (QED) is 0.887. The Morgan fingerprint density at radius 2 is 1.50 bits per heavy atom. The van der Waals surface area contributed by atoms with Crippen molar-refractivity contribution in [1.82, 2.24) is 5.32 Å². The first-order valence-corrected chi connectivity index (χ1v) is 6.99. The van der Waals surface area contributed by atoms with Gasteiger partial charge in [0.15, 0.2) is 0 Å². The van der Waals surface area contributed by atoms with Gasteiger partial charge in [-0.3, -0.25) is 0 Å². The van der Waals surface area contributed by atoms with E-state index in [-0.39, 0.29) is 12.1 Å². The van der Waals surface area contributed by atoms with E-state index in [0.717, 1.165) is 0 Å². The zero-order valence-electron chi connectivity index (χ0n) is 12.7. The van der Waals surface area contributed by atoms with Crippen LogP contribution in [0.25, 0.3) is 0 Å². The fraction of sp³-hybridized carbons (Fsp3) is 0.333. The van der Waals surface area contributed by atoms with Crippen LogP contribution in [-0.2, 0) is 4.74 Å². The van der Waals surface area contributed by atoms with E-state index in [9.17, 15) is 0 Å².